The lowest BCUT2D eigenvalue weighted by Gasteiger charge is -1.96. The summed E-state index contributed by atoms with van der Waals surface area (Å²) in [4.78, 5) is 0. The molecule has 0 aliphatic heterocycles. The van der Waals surface area contributed by atoms with Gasteiger partial charge < -0.3 is 0 Å². The van der Waals surface area contributed by atoms with Crippen LogP contribution in [0.1, 0.15) is 0 Å². The highest BCUT2D eigenvalue weighted by atomic mass is 79.9. The first kappa shape index (κ1) is 8.56. The molecule has 0 atom stereocenters. The van der Waals surface area contributed by atoms with Crippen LogP contribution in [0, 0.1) is 0 Å². The number of hydrogen-bond donors (Lipinski definition) is 0. The Morgan fingerprint density at radius 2 is 1.40 bits per heavy atom. The third kappa shape index (κ3) is 1.74. The molecule has 53 valence electrons. The highest BCUT2D eigenvalue weighted by Gasteiger charge is 2.05. The first-order chi connectivity index (χ1) is 4.61. The molecular formula is C6H2Br3O. The average Bonchev–Trinajstić information content (AvgIpc) is 1.82. The molecule has 10 heavy (non-hydrogen) atoms. The Morgan fingerprint density at radius 1 is 1.00 bits per heavy atom. The molecule has 1 rings (SSSR count). The molecule has 0 amide bonds. The third-order valence-corrected chi connectivity index (χ3v) is 2.60. The van der Waals surface area contributed by atoms with Crippen LogP contribution < -0.4 is 0 Å². The molecule has 0 spiro atoms. The summed E-state index contributed by atoms with van der Waals surface area (Å²) in [5.41, 5.74) is 0. The van der Waals surface area contributed by atoms with Crippen molar-refractivity contribution in [3.8, 4) is 5.75 Å². The van der Waals surface area contributed by atoms with Gasteiger partial charge in [0.1, 0.15) is 0 Å². The Bertz CT molecular complexity index is 236. The fourth-order valence-electron chi connectivity index (χ4n) is 0.529. The lowest BCUT2D eigenvalue weighted by atomic mass is 10.3. The molecule has 4 heteroatoms. The van der Waals surface area contributed by atoms with E-state index in [4.69, 9.17) is 0 Å². The number of rotatable bonds is 0. The van der Waals surface area contributed by atoms with Gasteiger partial charge in [0.25, 0.3) is 0 Å². The van der Waals surface area contributed by atoms with Crippen molar-refractivity contribution < 1.29 is 5.11 Å². The maximum Gasteiger partial charge on any atom is 0.206 e. The van der Waals surface area contributed by atoms with E-state index in [0.29, 0.717) is 8.95 Å². The fourth-order valence-corrected chi connectivity index (χ4v) is 2.79. The normalized spacial score (nSPS) is 9.90. The summed E-state index contributed by atoms with van der Waals surface area (Å²) in [7, 11) is 0. The lowest BCUT2D eigenvalue weighted by molar-refractivity contribution is 0.349. The van der Waals surface area contributed by atoms with Gasteiger partial charge in [-0.1, -0.05) is 15.9 Å². The molecule has 0 aliphatic rings. The topological polar surface area (TPSA) is 19.9 Å². The van der Waals surface area contributed by atoms with Gasteiger partial charge in [-0.3, -0.25) is 5.11 Å². The van der Waals surface area contributed by atoms with Crippen LogP contribution in [0.15, 0.2) is 25.6 Å². The average molecular weight is 330 g/mol. The van der Waals surface area contributed by atoms with Crippen LogP contribution in [0.4, 0.5) is 0 Å². The van der Waals surface area contributed by atoms with Crippen molar-refractivity contribution >= 4 is 47.8 Å². The molecule has 0 aliphatic carbocycles. The van der Waals surface area contributed by atoms with Gasteiger partial charge in [-0.2, -0.15) is 0 Å². The number of halogens is 3. The summed E-state index contributed by atoms with van der Waals surface area (Å²) < 4.78 is 2.01. The van der Waals surface area contributed by atoms with Crippen LogP contribution in [0.5, 0.6) is 5.75 Å². The van der Waals surface area contributed by atoms with Crippen LogP contribution in [0.2, 0.25) is 0 Å². The number of benzene rings is 1. The fraction of sp³-hybridized carbons (Fsp3) is 0. The minimum atomic E-state index is -0.0248. The Morgan fingerprint density at radius 3 is 1.80 bits per heavy atom. The van der Waals surface area contributed by atoms with E-state index in [9.17, 15) is 5.11 Å². The van der Waals surface area contributed by atoms with Gasteiger partial charge in [0.15, 0.2) is 0 Å². The zero-order chi connectivity index (χ0) is 7.72. The SMILES string of the molecule is [O]c1c(Br)cc(Br)cc1Br. The van der Waals surface area contributed by atoms with Crippen LogP contribution >= 0.6 is 47.8 Å². The molecule has 0 aromatic heterocycles. The van der Waals surface area contributed by atoms with Crippen molar-refractivity contribution in [1.82, 2.24) is 0 Å². The lowest BCUT2D eigenvalue weighted by Crippen LogP contribution is -1.70. The highest BCUT2D eigenvalue weighted by Crippen LogP contribution is 2.35. The monoisotopic (exact) mass is 327 g/mol. The van der Waals surface area contributed by atoms with Crippen LogP contribution in [-0.4, -0.2) is 0 Å². The Hall–Kier alpha value is 0.460. The molecule has 0 bridgehead atoms. The largest absolute Gasteiger partial charge is 0.287 e. The molecule has 1 aromatic rings. The Balaban J connectivity index is 3.31. The van der Waals surface area contributed by atoms with Gasteiger partial charge in [-0.05, 0) is 44.0 Å². The number of hydrogen-bond acceptors (Lipinski definition) is 0. The molecule has 0 saturated carbocycles. The van der Waals surface area contributed by atoms with E-state index in [2.05, 4.69) is 47.8 Å². The van der Waals surface area contributed by atoms with Gasteiger partial charge in [0.05, 0.1) is 8.95 Å². The second kappa shape index (κ2) is 3.24. The predicted molar refractivity (Wildman–Crippen MR) is 49.7 cm³/mol. The Labute approximate surface area is 83.8 Å². The van der Waals surface area contributed by atoms with Crippen LogP contribution in [-0.2, 0) is 5.11 Å². The molecule has 0 unspecified atom stereocenters. The van der Waals surface area contributed by atoms with Gasteiger partial charge in [0.2, 0.25) is 5.75 Å². The van der Waals surface area contributed by atoms with E-state index in [1.807, 2.05) is 0 Å². The smallest absolute Gasteiger partial charge is 0.206 e. The highest BCUT2D eigenvalue weighted by molar-refractivity contribution is 9.11. The Kier molecular flexibility index (Phi) is 2.77. The van der Waals surface area contributed by atoms with Gasteiger partial charge in [-0.25, -0.2) is 0 Å². The van der Waals surface area contributed by atoms with Gasteiger partial charge in [-0.15, -0.1) is 0 Å². The van der Waals surface area contributed by atoms with Crippen molar-refractivity contribution in [3.63, 3.8) is 0 Å². The van der Waals surface area contributed by atoms with Crippen LogP contribution in [0.3, 0.4) is 0 Å². The van der Waals surface area contributed by atoms with Crippen molar-refractivity contribution in [3.05, 3.63) is 25.6 Å². The maximum atomic E-state index is 11.0. The second-order valence-corrected chi connectivity index (χ2v) is 4.32. The van der Waals surface area contributed by atoms with Crippen molar-refractivity contribution in [2.75, 3.05) is 0 Å². The van der Waals surface area contributed by atoms with Gasteiger partial charge >= 0.3 is 0 Å². The molecule has 0 saturated heterocycles. The second-order valence-electron chi connectivity index (χ2n) is 1.70. The summed E-state index contributed by atoms with van der Waals surface area (Å²) in [5, 5.41) is 11.0. The van der Waals surface area contributed by atoms with Crippen molar-refractivity contribution in [1.29, 1.82) is 0 Å². The molecule has 1 aromatic carbocycles. The van der Waals surface area contributed by atoms with Crippen molar-refractivity contribution in [2.45, 2.75) is 0 Å². The van der Waals surface area contributed by atoms with E-state index in [0.717, 1.165) is 4.47 Å². The standard InChI is InChI=1S/C6H2Br3O/c7-3-1-4(8)6(10)5(9)2-3/h1-2H. The third-order valence-electron chi connectivity index (χ3n) is 0.963. The first-order valence-corrected chi connectivity index (χ1v) is 4.80. The maximum absolute atomic E-state index is 11.0. The first-order valence-electron chi connectivity index (χ1n) is 2.43. The molecule has 1 nitrogen and oxygen atoms in total. The van der Waals surface area contributed by atoms with E-state index >= 15 is 0 Å². The van der Waals surface area contributed by atoms with Gasteiger partial charge in [0, 0.05) is 4.47 Å². The molecule has 0 N–H and O–H groups in total. The van der Waals surface area contributed by atoms with E-state index in [1.54, 1.807) is 12.1 Å². The molecule has 1 radical (unpaired) electrons. The van der Waals surface area contributed by atoms with E-state index in [-0.39, 0.29) is 5.75 Å². The summed E-state index contributed by atoms with van der Waals surface area (Å²) >= 11 is 9.50. The zero-order valence-corrected chi connectivity index (χ0v) is 9.45. The summed E-state index contributed by atoms with van der Waals surface area (Å²) in [6.07, 6.45) is 0. The predicted octanol–water partition coefficient (Wildman–Crippen LogP) is 4.12. The molecular weight excluding hydrogens is 328 g/mol. The summed E-state index contributed by atoms with van der Waals surface area (Å²) in [6.45, 7) is 0. The summed E-state index contributed by atoms with van der Waals surface area (Å²) in [5.74, 6) is -0.0248. The van der Waals surface area contributed by atoms with E-state index in [1.165, 1.54) is 0 Å². The molecule has 0 fully saturated rings. The van der Waals surface area contributed by atoms with Crippen molar-refractivity contribution in [2.24, 2.45) is 0 Å². The minimum absolute atomic E-state index is 0.0248. The molecule has 0 heterocycles. The van der Waals surface area contributed by atoms with E-state index < -0.39 is 0 Å². The quantitative estimate of drug-likeness (QED) is 0.682. The summed E-state index contributed by atoms with van der Waals surface area (Å²) in [6, 6.07) is 3.43. The minimum Gasteiger partial charge on any atom is -0.287 e. The van der Waals surface area contributed by atoms with Crippen LogP contribution in [0.25, 0.3) is 0 Å². The zero-order valence-electron chi connectivity index (χ0n) is 4.70.